The summed E-state index contributed by atoms with van der Waals surface area (Å²) >= 11 is 0. The summed E-state index contributed by atoms with van der Waals surface area (Å²) in [5.41, 5.74) is 2.49. The number of aryl methyl sites for hydroxylation is 1. The van der Waals surface area contributed by atoms with Crippen molar-refractivity contribution in [1.29, 1.82) is 0 Å². The van der Waals surface area contributed by atoms with Gasteiger partial charge >= 0.3 is 0 Å². The van der Waals surface area contributed by atoms with E-state index in [1.165, 1.54) is 6.33 Å². The van der Waals surface area contributed by atoms with E-state index in [1.807, 2.05) is 31.2 Å². The van der Waals surface area contributed by atoms with E-state index in [0.29, 0.717) is 18.7 Å². The molecule has 1 amide bonds. The van der Waals surface area contributed by atoms with Gasteiger partial charge in [-0.2, -0.15) is 5.10 Å². The lowest BCUT2D eigenvalue weighted by atomic mass is 10.1. The SMILES string of the molecule is CCCNc1ncnc2c1cnn2CCNC(=O)c1cccc(C)c1. The van der Waals surface area contributed by atoms with Crippen molar-refractivity contribution in [2.24, 2.45) is 0 Å². The molecule has 0 atom stereocenters. The van der Waals surface area contributed by atoms with E-state index < -0.39 is 0 Å². The van der Waals surface area contributed by atoms with Crippen LogP contribution in [0.4, 0.5) is 5.82 Å². The second-order valence-corrected chi connectivity index (χ2v) is 5.88. The van der Waals surface area contributed by atoms with Crippen molar-refractivity contribution in [3.63, 3.8) is 0 Å². The second kappa shape index (κ2) is 7.74. The van der Waals surface area contributed by atoms with Crippen LogP contribution >= 0.6 is 0 Å². The molecule has 0 fully saturated rings. The van der Waals surface area contributed by atoms with Crippen molar-refractivity contribution in [1.82, 2.24) is 25.1 Å². The highest BCUT2D eigenvalue weighted by atomic mass is 16.1. The summed E-state index contributed by atoms with van der Waals surface area (Å²) < 4.78 is 1.78. The molecule has 7 heteroatoms. The zero-order valence-corrected chi connectivity index (χ0v) is 14.5. The van der Waals surface area contributed by atoms with Crippen LogP contribution in [0.2, 0.25) is 0 Å². The molecule has 130 valence electrons. The molecule has 0 saturated heterocycles. The number of anilines is 1. The predicted molar refractivity (Wildman–Crippen MR) is 97.6 cm³/mol. The first-order valence-electron chi connectivity index (χ1n) is 8.44. The van der Waals surface area contributed by atoms with Crippen LogP contribution in [0.25, 0.3) is 11.0 Å². The first kappa shape index (κ1) is 16.9. The molecule has 0 aliphatic heterocycles. The summed E-state index contributed by atoms with van der Waals surface area (Å²) in [5.74, 6) is 0.710. The Labute approximate surface area is 146 Å². The van der Waals surface area contributed by atoms with Crippen LogP contribution in [0.1, 0.15) is 29.3 Å². The van der Waals surface area contributed by atoms with Crippen molar-refractivity contribution >= 4 is 22.8 Å². The standard InChI is InChI=1S/C18H22N6O/c1-3-7-19-16-15-11-23-24(17(15)22-12-21-16)9-8-20-18(25)14-6-4-5-13(2)10-14/h4-6,10-12H,3,7-9H2,1-2H3,(H,20,25)(H,19,21,22). The summed E-state index contributed by atoms with van der Waals surface area (Å²) in [6, 6.07) is 7.53. The molecule has 2 heterocycles. The molecular weight excluding hydrogens is 316 g/mol. The van der Waals surface area contributed by atoms with Crippen molar-refractivity contribution in [3.05, 3.63) is 47.9 Å². The van der Waals surface area contributed by atoms with Crippen LogP contribution in [-0.2, 0) is 6.54 Å². The van der Waals surface area contributed by atoms with Crippen molar-refractivity contribution in [2.45, 2.75) is 26.8 Å². The topological polar surface area (TPSA) is 84.7 Å². The van der Waals surface area contributed by atoms with Gasteiger partial charge in [-0.25, -0.2) is 14.6 Å². The number of carbonyl (C=O) groups is 1. The molecular formula is C18H22N6O. The minimum Gasteiger partial charge on any atom is -0.369 e. The highest BCUT2D eigenvalue weighted by Crippen LogP contribution is 2.18. The molecule has 2 aromatic heterocycles. The summed E-state index contributed by atoms with van der Waals surface area (Å²) in [6.07, 6.45) is 4.31. The van der Waals surface area contributed by atoms with Gasteiger partial charge in [0.15, 0.2) is 5.65 Å². The third-order valence-electron chi connectivity index (χ3n) is 3.87. The smallest absolute Gasteiger partial charge is 0.251 e. The van der Waals surface area contributed by atoms with Gasteiger partial charge in [0.2, 0.25) is 0 Å². The number of aromatic nitrogens is 4. The number of rotatable bonds is 7. The highest BCUT2D eigenvalue weighted by molar-refractivity contribution is 5.94. The van der Waals surface area contributed by atoms with Gasteiger partial charge in [-0.1, -0.05) is 24.6 Å². The molecule has 25 heavy (non-hydrogen) atoms. The van der Waals surface area contributed by atoms with Crippen LogP contribution in [0.15, 0.2) is 36.8 Å². The number of hydrogen-bond donors (Lipinski definition) is 2. The molecule has 3 rings (SSSR count). The Morgan fingerprint density at radius 1 is 1.24 bits per heavy atom. The van der Waals surface area contributed by atoms with Gasteiger partial charge in [-0.3, -0.25) is 4.79 Å². The molecule has 0 aliphatic rings. The number of carbonyl (C=O) groups excluding carboxylic acids is 1. The first-order valence-corrected chi connectivity index (χ1v) is 8.44. The van der Waals surface area contributed by atoms with Gasteiger partial charge in [0.25, 0.3) is 5.91 Å². The number of benzene rings is 1. The lowest BCUT2D eigenvalue weighted by Crippen LogP contribution is -2.27. The zero-order valence-electron chi connectivity index (χ0n) is 14.5. The number of nitrogens with one attached hydrogen (secondary N) is 2. The highest BCUT2D eigenvalue weighted by Gasteiger charge is 2.10. The van der Waals surface area contributed by atoms with Gasteiger partial charge in [-0.05, 0) is 25.5 Å². The quantitative estimate of drug-likeness (QED) is 0.691. The Hall–Kier alpha value is -2.96. The lowest BCUT2D eigenvalue weighted by molar-refractivity contribution is 0.0952. The maximum Gasteiger partial charge on any atom is 0.251 e. The molecule has 7 nitrogen and oxygen atoms in total. The van der Waals surface area contributed by atoms with Crippen molar-refractivity contribution in [2.75, 3.05) is 18.4 Å². The number of nitrogens with zero attached hydrogens (tertiary/aromatic N) is 4. The molecule has 1 aromatic carbocycles. The lowest BCUT2D eigenvalue weighted by Gasteiger charge is -2.07. The fourth-order valence-electron chi connectivity index (χ4n) is 2.60. The summed E-state index contributed by atoms with van der Waals surface area (Å²) in [5, 5.41) is 11.5. The summed E-state index contributed by atoms with van der Waals surface area (Å²) in [4.78, 5) is 20.8. The van der Waals surface area contributed by atoms with E-state index in [4.69, 9.17) is 0 Å². The third-order valence-corrected chi connectivity index (χ3v) is 3.87. The van der Waals surface area contributed by atoms with Crippen LogP contribution in [0, 0.1) is 6.92 Å². The van der Waals surface area contributed by atoms with Crippen LogP contribution in [0.3, 0.4) is 0 Å². The molecule has 0 aliphatic carbocycles. The minimum absolute atomic E-state index is 0.0833. The summed E-state index contributed by atoms with van der Waals surface area (Å²) in [6.45, 7) is 5.95. The van der Waals surface area contributed by atoms with E-state index >= 15 is 0 Å². The maximum absolute atomic E-state index is 12.2. The van der Waals surface area contributed by atoms with Gasteiger partial charge in [0.1, 0.15) is 12.1 Å². The minimum atomic E-state index is -0.0833. The van der Waals surface area contributed by atoms with Gasteiger partial charge in [-0.15, -0.1) is 0 Å². The Morgan fingerprint density at radius 3 is 2.92 bits per heavy atom. The molecule has 0 radical (unpaired) electrons. The second-order valence-electron chi connectivity index (χ2n) is 5.88. The zero-order chi connectivity index (χ0) is 17.6. The van der Waals surface area contributed by atoms with E-state index in [2.05, 4.69) is 32.6 Å². The van der Waals surface area contributed by atoms with Crippen LogP contribution in [-0.4, -0.2) is 38.7 Å². The number of amides is 1. The Morgan fingerprint density at radius 2 is 2.12 bits per heavy atom. The normalized spacial score (nSPS) is 10.8. The molecule has 0 unspecified atom stereocenters. The van der Waals surface area contributed by atoms with E-state index in [1.54, 1.807) is 10.9 Å². The molecule has 0 saturated carbocycles. The van der Waals surface area contributed by atoms with Crippen LogP contribution in [0.5, 0.6) is 0 Å². The molecule has 2 N–H and O–H groups in total. The summed E-state index contributed by atoms with van der Waals surface area (Å²) in [7, 11) is 0. The number of hydrogen-bond acceptors (Lipinski definition) is 5. The average molecular weight is 338 g/mol. The predicted octanol–water partition coefficient (Wildman–Crippen LogP) is 2.39. The Kier molecular flexibility index (Phi) is 5.23. The largest absolute Gasteiger partial charge is 0.369 e. The fraction of sp³-hybridized carbons (Fsp3) is 0.333. The average Bonchev–Trinajstić information content (AvgIpc) is 3.03. The fourth-order valence-corrected chi connectivity index (χ4v) is 2.60. The monoisotopic (exact) mass is 338 g/mol. The number of fused-ring (bicyclic) bond motifs is 1. The van der Waals surface area contributed by atoms with E-state index in [-0.39, 0.29) is 5.91 Å². The Bertz CT molecular complexity index is 873. The maximum atomic E-state index is 12.2. The van der Waals surface area contributed by atoms with E-state index in [9.17, 15) is 4.79 Å². The van der Waals surface area contributed by atoms with Gasteiger partial charge in [0, 0.05) is 18.7 Å². The molecule has 3 aromatic rings. The molecule has 0 spiro atoms. The molecule has 0 bridgehead atoms. The van der Waals surface area contributed by atoms with Gasteiger partial charge < -0.3 is 10.6 Å². The first-order chi connectivity index (χ1) is 12.2. The van der Waals surface area contributed by atoms with E-state index in [0.717, 1.165) is 35.4 Å². The van der Waals surface area contributed by atoms with Crippen molar-refractivity contribution < 1.29 is 4.79 Å². The van der Waals surface area contributed by atoms with Crippen molar-refractivity contribution in [3.8, 4) is 0 Å². The Balaban J connectivity index is 1.64. The van der Waals surface area contributed by atoms with Gasteiger partial charge in [0.05, 0.1) is 18.1 Å². The van der Waals surface area contributed by atoms with Crippen LogP contribution < -0.4 is 10.6 Å². The third kappa shape index (κ3) is 3.93.